The predicted octanol–water partition coefficient (Wildman–Crippen LogP) is 2.30. The van der Waals surface area contributed by atoms with Gasteiger partial charge in [0.15, 0.2) is 11.6 Å². The Morgan fingerprint density at radius 3 is 3.15 bits per heavy atom. The molecule has 70 valence electrons. The lowest BCUT2D eigenvalue weighted by Gasteiger charge is -2.24. The first-order chi connectivity index (χ1) is 6.33. The predicted molar refractivity (Wildman–Crippen MR) is 46.3 cm³/mol. The summed E-state index contributed by atoms with van der Waals surface area (Å²) in [5, 5.41) is 0. The summed E-state index contributed by atoms with van der Waals surface area (Å²) in [5.41, 5.74) is 0.814. The van der Waals surface area contributed by atoms with E-state index in [0.29, 0.717) is 12.4 Å². The minimum absolute atomic E-state index is 0.0283. The summed E-state index contributed by atoms with van der Waals surface area (Å²) >= 11 is 0. The van der Waals surface area contributed by atoms with Crippen molar-refractivity contribution in [3.8, 4) is 5.75 Å². The van der Waals surface area contributed by atoms with E-state index in [2.05, 4.69) is 0 Å². The lowest BCUT2D eigenvalue weighted by atomic mass is 10.0. The maximum absolute atomic E-state index is 13.2. The molecule has 3 heteroatoms. The molecule has 1 aromatic rings. The Morgan fingerprint density at radius 2 is 2.38 bits per heavy atom. The topological polar surface area (TPSA) is 18.5 Å². The molecule has 0 amide bonds. The Bertz CT molecular complexity index is 312. The van der Waals surface area contributed by atoms with Crippen LogP contribution in [-0.4, -0.2) is 13.7 Å². The summed E-state index contributed by atoms with van der Waals surface area (Å²) in [6.07, 6.45) is 0.756. The second kappa shape index (κ2) is 3.34. The molecule has 1 aliphatic rings. The van der Waals surface area contributed by atoms with Gasteiger partial charge in [-0.1, -0.05) is 12.1 Å². The van der Waals surface area contributed by atoms with Crippen molar-refractivity contribution in [1.82, 2.24) is 0 Å². The lowest BCUT2D eigenvalue weighted by molar-refractivity contribution is 0.0618. The fourth-order valence-corrected chi connectivity index (χ4v) is 1.60. The van der Waals surface area contributed by atoms with Gasteiger partial charge in [0.2, 0.25) is 0 Å². The minimum Gasteiger partial charge on any atom is -0.490 e. The Kier molecular flexibility index (Phi) is 2.19. The van der Waals surface area contributed by atoms with Crippen LogP contribution in [0.25, 0.3) is 0 Å². The molecule has 0 aromatic heterocycles. The molecule has 0 aliphatic carbocycles. The van der Waals surface area contributed by atoms with Crippen molar-refractivity contribution in [2.24, 2.45) is 0 Å². The fourth-order valence-electron chi connectivity index (χ4n) is 1.60. The molecular weight excluding hydrogens is 171 g/mol. The van der Waals surface area contributed by atoms with Gasteiger partial charge in [-0.25, -0.2) is 4.39 Å². The van der Waals surface area contributed by atoms with E-state index in [1.54, 1.807) is 13.2 Å². The third-order valence-corrected chi connectivity index (χ3v) is 2.26. The number of hydrogen-bond donors (Lipinski definition) is 0. The van der Waals surface area contributed by atoms with Gasteiger partial charge in [0.05, 0.1) is 12.7 Å². The van der Waals surface area contributed by atoms with Gasteiger partial charge in [-0.2, -0.15) is 0 Å². The van der Waals surface area contributed by atoms with Crippen LogP contribution in [-0.2, 0) is 4.74 Å². The van der Waals surface area contributed by atoms with E-state index >= 15 is 0 Å². The summed E-state index contributed by atoms with van der Waals surface area (Å²) in [5.74, 6) is 0.0415. The third kappa shape index (κ3) is 1.40. The SMILES string of the molecule is COC1CCOc2c(F)cccc21. The average Bonchev–Trinajstić information content (AvgIpc) is 2.18. The fraction of sp³-hybridized carbons (Fsp3) is 0.400. The highest BCUT2D eigenvalue weighted by molar-refractivity contribution is 5.38. The standard InChI is InChI=1S/C10H11FO2/c1-12-9-5-6-13-10-7(9)3-2-4-8(10)11/h2-4,9H,5-6H2,1H3. The summed E-state index contributed by atoms with van der Waals surface area (Å²) in [7, 11) is 1.63. The zero-order chi connectivity index (χ0) is 9.26. The zero-order valence-electron chi connectivity index (χ0n) is 7.42. The first-order valence-electron chi connectivity index (χ1n) is 4.27. The van der Waals surface area contributed by atoms with Crippen molar-refractivity contribution >= 4 is 0 Å². The molecule has 0 N–H and O–H groups in total. The normalized spacial score (nSPS) is 20.6. The highest BCUT2D eigenvalue weighted by atomic mass is 19.1. The Labute approximate surface area is 76.3 Å². The van der Waals surface area contributed by atoms with Gasteiger partial charge >= 0.3 is 0 Å². The van der Waals surface area contributed by atoms with Crippen LogP contribution in [0.1, 0.15) is 18.1 Å². The van der Waals surface area contributed by atoms with Crippen LogP contribution in [0.2, 0.25) is 0 Å². The van der Waals surface area contributed by atoms with Crippen molar-refractivity contribution in [2.45, 2.75) is 12.5 Å². The Morgan fingerprint density at radius 1 is 1.54 bits per heavy atom. The maximum Gasteiger partial charge on any atom is 0.165 e. The lowest BCUT2D eigenvalue weighted by Crippen LogP contribution is -2.16. The molecule has 13 heavy (non-hydrogen) atoms. The van der Waals surface area contributed by atoms with Crippen LogP contribution in [0.5, 0.6) is 5.75 Å². The molecule has 1 aromatic carbocycles. The van der Waals surface area contributed by atoms with Crippen LogP contribution in [0.3, 0.4) is 0 Å². The van der Waals surface area contributed by atoms with Gasteiger partial charge < -0.3 is 9.47 Å². The van der Waals surface area contributed by atoms with E-state index < -0.39 is 0 Å². The van der Waals surface area contributed by atoms with Crippen molar-refractivity contribution < 1.29 is 13.9 Å². The summed E-state index contributed by atoms with van der Waals surface area (Å²) in [6, 6.07) is 4.91. The highest BCUT2D eigenvalue weighted by Gasteiger charge is 2.23. The van der Waals surface area contributed by atoms with Gasteiger partial charge in [-0.3, -0.25) is 0 Å². The van der Waals surface area contributed by atoms with E-state index in [-0.39, 0.29) is 11.9 Å². The van der Waals surface area contributed by atoms with Crippen molar-refractivity contribution in [3.63, 3.8) is 0 Å². The van der Waals surface area contributed by atoms with Crippen molar-refractivity contribution in [1.29, 1.82) is 0 Å². The Balaban J connectivity index is 2.45. The van der Waals surface area contributed by atoms with Gasteiger partial charge in [0, 0.05) is 19.1 Å². The van der Waals surface area contributed by atoms with E-state index in [1.807, 2.05) is 6.07 Å². The molecule has 0 saturated heterocycles. The van der Waals surface area contributed by atoms with Gasteiger partial charge in [-0.05, 0) is 6.07 Å². The monoisotopic (exact) mass is 182 g/mol. The molecule has 0 fully saturated rings. The second-order valence-electron chi connectivity index (χ2n) is 3.02. The first-order valence-corrected chi connectivity index (χ1v) is 4.27. The smallest absolute Gasteiger partial charge is 0.165 e. The van der Waals surface area contributed by atoms with Crippen molar-refractivity contribution in [2.75, 3.05) is 13.7 Å². The summed E-state index contributed by atoms with van der Waals surface area (Å²) in [6.45, 7) is 0.520. The molecule has 0 spiro atoms. The molecule has 2 nitrogen and oxygen atoms in total. The Hall–Kier alpha value is -1.09. The van der Waals surface area contributed by atoms with Gasteiger partial charge in [-0.15, -0.1) is 0 Å². The van der Waals surface area contributed by atoms with Crippen LogP contribution in [0.4, 0.5) is 4.39 Å². The van der Waals surface area contributed by atoms with E-state index in [1.165, 1.54) is 6.07 Å². The quantitative estimate of drug-likeness (QED) is 0.663. The molecule has 1 aliphatic heterocycles. The van der Waals surface area contributed by atoms with Crippen LogP contribution < -0.4 is 4.74 Å². The number of halogens is 1. The number of methoxy groups -OCH3 is 1. The third-order valence-electron chi connectivity index (χ3n) is 2.26. The molecule has 0 bridgehead atoms. The summed E-state index contributed by atoms with van der Waals surface area (Å²) < 4.78 is 23.7. The largest absolute Gasteiger partial charge is 0.490 e. The van der Waals surface area contributed by atoms with Crippen LogP contribution in [0, 0.1) is 5.82 Å². The highest BCUT2D eigenvalue weighted by Crippen LogP contribution is 2.35. The van der Waals surface area contributed by atoms with Gasteiger partial charge in [0.25, 0.3) is 0 Å². The maximum atomic E-state index is 13.2. The average molecular weight is 182 g/mol. The number of hydrogen-bond acceptors (Lipinski definition) is 2. The minimum atomic E-state index is -0.306. The molecule has 0 saturated carbocycles. The number of fused-ring (bicyclic) bond motifs is 1. The first kappa shape index (κ1) is 8.51. The van der Waals surface area contributed by atoms with Crippen LogP contribution in [0.15, 0.2) is 18.2 Å². The number of ether oxygens (including phenoxy) is 2. The van der Waals surface area contributed by atoms with E-state index in [4.69, 9.17) is 9.47 Å². The van der Waals surface area contributed by atoms with Crippen LogP contribution >= 0.6 is 0 Å². The molecule has 1 unspecified atom stereocenters. The molecular formula is C10H11FO2. The molecule has 1 atom stereocenters. The van der Waals surface area contributed by atoms with E-state index in [0.717, 1.165) is 12.0 Å². The van der Waals surface area contributed by atoms with Gasteiger partial charge in [0.1, 0.15) is 0 Å². The molecule has 1 heterocycles. The second-order valence-corrected chi connectivity index (χ2v) is 3.02. The number of rotatable bonds is 1. The zero-order valence-corrected chi connectivity index (χ0v) is 7.42. The summed E-state index contributed by atoms with van der Waals surface area (Å²) in [4.78, 5) is 0. The molecule has 2 rings (SSSR count). The number of benzene rings is 1. The van der Waals surface area contributed by atoms with Crippen molar-refractivity contribution in [3.05, 3.63) is 29.6 Å². The molecule has 0 radical (unpaired) electrons. The number of para-hydroxylation sites is 1. The van der Waals surface area contributed by atoms with E-state index in [9.17, 15) is 4.39 Å².